The molecule has 2 rings (SSSR count). The van der Waals surface area contributed by atoms with Crippen molar-refractivity contribution in [3.8, 4) is 0 Å². The van der Waals surface area contributed by atoms with Gasteiger partial charge in [0.25, 0.3) is 0 Å². The van der Waals surface area contributed by atoms with Crippen LogP contribution in [0.15, 0.2) is 46.5 Å². The molecule has 0 saturated heterocycles. The topological polar surface area (TPSA) is 93.2 Å². The predicted molar refractivity (Wildman–Crippen MR) is 89.0 cm³/mol. The van der Waals surface area contributed by atoms with Gasteiger partial charge in [-0.05, 0) is 42.3 Å². The molecular formula is C15H18N2O4S2. The molecule has 2 aromatic rings. The Morgan fingerprint density at radius 1 is 1.04 bits per heavy atom. The van der Waals surface area contributed by atoms with Crippen molar-refractivity contribution in [2.45, 2.75) is 23.3 Å². The third-order valence-corrected chi connectivity index (χ3v) is 5.63. The fourth-order valence-corrected chi connectivity index (χ4v) is 3.68. The molecule has 1 aromatic carbocycles. The van der Waals surface area contributed by atoms with Crippen LogP contribution in [0.3, 0.4) is 0 Å². The lowest BCUT2D eigenvalue weighted by molar-refractivity contribution is 0.600. The molecule has 1 heterocycles. The first-order valence-corrected chi connectivity index (χ1v) is 10.5. The van der Waals surface area contributed by atoms with Crippen molar-refractivity contribution in [1.29, 1.82) is 0 Å². The normalized spacial score (nSPS) is 12.1. The first-order chi connectivity index (χ1) is 10.6. The van der Waals surface area contributed by atoms with Crippen LogP contribution in [0, 0.1) is 6.92 Å². The van der Waals surface area contributed by atoms with Crippen LogP contribution >= 0.6 is 0 Å². The van der Waals surface area contributed by atoms with Gasteiger partial charge in [0.2, 0.25) is 0 Å². The lowest BCUT2D eigenvalue weighted by atomic mass is 10.1. The number of hydrogen-bond acceptors (Lipinski definition) is 6. The number of aromatic nitrogens is 1. The molecule has 0 radical (unpaired) electrons. The molecule has 0 bridgehead atoms. The maximum Gasteiger partial charge on any atom is 0.177 e. The van der Waals surface area contributed by atoms with Crippen LogP contribution in [-0.2, 0) is 26.2 Å². The standard InChI is InChI=1S/C15H18N2O4S2/c1-11-9-16-7-6-12(11)10-17-14-5-4-13(22(2,18)19)8-15(14)23(3,20)21/h4-9,17H,10H2,1-3H3. The van der Waals surface area contributed by atoms with Crippen molar-refractivity contribution in [2.24, 2.45) is 0 Å². The Kier molecular flexibility index (Phi) is 4.76. The summed E-state index contributed by atoms with van der Waals surface area (Å²) in [4.78, 5) is 3.95. The van der Waals surface area contributed by atoms with Crippen molar-refractivity contribution < 1.29 is 16.8 Å². The summed E-state index contributed by atoms with van der Waals surface area (Å²) in [5.74, 6) is 0. The minimum Gasteiger partial charge on any atom is -0.380 e. The highest BCUT2D eigenvalue weighted by Gasteiger charge is 2.18. The van der Waals surface area contributed by atoms with Gasteiger partial charge in [-0.3, -0.25) is 4.98 Å². The lowest BCUT2D eigenvalue weighted by Gasteiger charge is -2.13. The number of nitrogens with zero attached hydrogens (tertiary/aromatic N) is 1. The minimum absolute atomic E-state index is 0.0245. The number of pyridine rings is 1. The van der Waals surface area contributed by atoms with Crippen LogP contribution in [0.25, 0.3) is 0 Å². The molecule has 124 valence electrons. The summed E-state index contributed by atoms with van der Waals surface area (Å²) in [6.45, 7) is 2.32. The molecule has 0 amide bonds. The maximum atomic E-state index is 12.0. The van der Waals surface area contributed by atoms with E-state index in [2.05, 4.69) is 10.3 Å². The zero-order valence-corrected chi connectivity index (χ0v) is 14.7. The Morgan fingerprint density at radius 2 is 1.74 bits per heavy atom. The van der Waals surface area contributed by atoms with Crippen LogP contribution in [0.2, 0.25) is 0 Å². The van der Waals surface area contributed by atoms with Gasteiger partial charge in [0, 0.05) is 31.4 Å². The number of aryl methyl sites for hydroxylation is 1. The van der Waals surface area contributed by atoms with E-state index in [4.69, 9.17) is 0 Å². The summed E-state index contributed by atoms with van der Waals surface area (Å²) >= 11 is 0. The van der Waals surface area contributed by atoms with E-state index in [-0.39, 0.29) is 9.79 Å². The molecule has 0 atom stereocenters. The van der Waals surface area contributed by atoms with Gasteiger partial charge in [0.15, 0.2) is 19.7 Å². The van der Waals surface area contributed by atoms with Gasteiger partial charge in [-0.25, -0.2) is 16.8 Å². The van der Waals surface area contributed by atoms with E-state index in [1.54, 1.807) is 12.4 Å². The van der Waals surface area contributed by atoms with E-state index in [1.807, 2.05) is 13.0 Å². The monoisotopic (exact) mass is 354 g/mol. The molecule has 0 aliphatic heterocycles. The number of hydrogen-bond donors (Lipinski definition) is 1. The van der Waals surface area contributed by atoms with E-state index in [1.165, 1.54) is 18.2 Å². The molecule has 23 heavy (non-hydrogen) atoms. The van der Waals surface area contributed by atoms with E-state index in [0.717, 1.165) is 23.6 Å². The van der Waals surface area contributed by atoms with Gasteiger partial charge in [-0.15, -0.1) is 0 Å². The van der Waals surface area contributed by atoms with E-state index >= 15 is 0 Å². The zero-order valence-electron chi connectivity index (χ0n) is 13.1. The molecule has 0 fully saturated rings. The first-order valence-electron chi connectivity index (χ1n) is 6.76. The van der Waals surface area contributed by atoms with Crippen molar-refractivity contribution >= 4 is 25.4 Å². The zero-order chi connectivity index (χ0) is 17.3. The lowest BCUT2D eigenvalue weighted by Crippen LogP contribution is -2.09. The van der Waals surface area contributed by atoms with E-state index in [9.17, 15) is 16.8 Å². The van der Waals surface area contributed by atoms with Crippen molar-refractivity contribution in [1.82, 2.24) is 4.98 Å². The number of rotatable bonds is 5. The number of anilines is 1. The summed E-state index contributed by atoms with van der Waals surface area (Å²) in [7, 11) is -7.05. The van der Waals surface area contributed by atoms with Crippen molar-refractivity contribution in [2.75, 3.05) is 17.8 Å². The molecule has 0 unspecified atom stereocenters. The van der Waals surface area contributed by atoms with Crippen LogP contribution in [0.4, 0.5) is 5.69 Å². The van der Waals surface area contributed by atoms with Gasteiger partial charge in [0.1, 0.15) is 0 Å². The van der Waals surface area contributed by atoms with Crippen LogP contribution in [0.5, 0.6) is 0 Å². The average Bonchev–Trinajstić information content (AvgIpc) is 2.44. The molecule has 8 heteroatoms. The smallest absolute Gasteiger partial charge is 0.177 e. The summed E-state index contributed by atoms with van der Waals surface area (Å²) in [5.41, 5.74) is 2.33. The van der Waals surface area contributed by atoms with E-state index < -0.39 is 19.7 Å². The average molecular weight is 354 g/mol. The predicted octanol–water partition coefficient (Wildman–Crippen LogP) is 1.81. The maximum absolute atomic E-state index is 12.0. The Balaban J connectivity index is 2.41. The van der Waals surface area contributed by atoms with Crippen molar-refractivity contribution in [3.05, 3.63) is 47.8 Å². The highest BCUT2D eigenvalue weighted by atomic mass is 32.2. The Morgan fingerprint density at radius 3 is 2.30 bits per heavy atom. The highest BCUT2D eigenvalue weighted by molar-refractivity contribution is 7.91. The molecule has 6 nitrogen and oxygen atoms in total. The molecule has 0 saturated carbocycles. The van der Waals surface area contributed by atoms with Gasteiger partial charge < -0.3 is 5.32 Å². The summed E-state index contributed by atoms with van der Waals surface area (Å²) in [5, 5.41) is 3.05. The minimum atomic E-state index is -3.57. The fourth-order valence-electron chi connectivity index (χ4n) is 2.08. The second kappa shape index (κ2) is 6.29. The van der Waals surface area contributed by atoms with Crippen LogP contribution in [0.1, 0.15) is 11.1 Å². The highest BCUT2D eigenvalue weighted by Crippen LogP contribution is 2.25. The molecule has 1 aromatic heterocycles. The second-order valence-corrected chi connectivity index (χ2v) is 9.36. The summed E-state index contributed by atoms with van der Waals surface area (Å²) in [6, 6.07) is 5.90. The largest absolute Gasteiger partial charge is 0.380 e. The van der Waals surface area contributed by atoms with Crippen molar-refractivity contribution in [3.63, 3.8) is 0 Å². The Hall–Kier alpha value is -1.93. The fraction of sp³-hybridized carbons (Fsp3) is 0.267. The number of nitrogens with one attached hydrogen (secondary N) is 1. The van der Waals surface area contributed by atoms with Gasteiger partial charge >= 0.3 is 0 Å². The number of benzene rings is 1. The molecule has 0 aliphatic rings. The van der Waals surface area contributed by atoms with Gasteiger partial charge in [0.05, 0.1) is 15.5 Å². The van der Waals surface area contributed by atoms with Crippen LogP contribution < -0.4 is 5.32 Å². The van der Waals surface area contributed by atoms with Crippen LogP contribution in [-0.4, -0.2) is 34.3 Å². The quantitative estimate of drug-likeness (QED) is 0.880. The summed E-state index contributed by atoms with van der Waals surface area (Å²) in [6.07, 6.45) is 5.48. The number of sulfone groups is 2. The molecular weight excluding hydrogens is 336 g/mol. The summed E-state index contributed by atoms with van der Waals surface area (Å²) < 4.78 is 47.2. The third kappa shape index (κ3) is 4.29. The Labute approximate surface area is 136 Å². The molecule has 1 N–H and O–H groups in total. The van der Waals surface area contributed by atoms with E-state index in [0.29, 0.717) is 12.2 Å². The Bertz CT molecular complexity index is 936. The SMILES string of the molecule is Cc1cnccc1CNc1ccc(S(C)(=O)=O)cc1S(C)(=O)=O. The first kappa shape index (κ1) is 17.4. The second-order valence-electron chi connectivity index (χ2n) is 5.36. The van der Waals surface area contributed by atoms with Gasteiger partial charge in [-0.2, -0.15) is 0 Å². The molecule has 0 aliphatic carbocycles. The third-order valence-electron chi connectivity index (χ3n) is 3.39. The molecule has 0 spiro atoms. The van der Waals surface area contributed by atoms with Gasteiger partial charge in [-0.1, -0.05) is 0 Å².